The molecule has 1 atom stereocenters. The third-order valence-electron chi connectivity index (χ3n) is 3.76. The summed E-state index contributed by atoms with van der Waals surface area (Å²) in [5, 5.41) is 2.46. The molecule has 0 aliphatic heterocycles. The van der Waals surface area contributed by atoms with Crippen LogP contribution in [0, 0.1) is 6.92 Å². The fourth-order valence-electron chi connectivity index (χ4n) is 2.46. The van der Waals surface area contributed by atoms with E-state index in [9.17, 15) is 9.59 Å². The first kappa shape index (κ1) is 14.9. The molecular formula is C17H17NO3S. The molecule has 1 aromatic carbocycles. The summed E-state index contributed by atoms with van der Waals surface area (Å²) in [6.45, 7) is 2.02. The molecule has 1 aliphatic rings. The summed E-state index contributed by atoms with van der Waals surface area (Å²) >= 11 is 1.40. The van der Waals surface area contributed by atoms with Crippen LogP contribution in [0.1, 0.15) is 41.7 Å². The molecule has 0 amide bonds. The molecule has 0 radical (unpaired) electrons. The predicted molar refractivity (Wildman–Crippen MR) is 85.0 cm³/mol. The van der Waals surface area contributed by atoms with Gasteiger partial charge in [0.05, 0.1) is 0 Å². The van der Waals surface area contributed by atoms with Gasteiger partial charge in [0.2, 0.25) is 0 Å². The molecule has 3 rings (SSSR count). The van der Waals surface area contributed by atoms with Gasteiger partial charge < -0.3 is 4.74 Å². The topological polar surface area (TPSA) is 56.3 Å². The van der Waals surface area contributed by atoms with E-state index in [0.717, 1.165) is 23.4 Å². The second-order valence-corrected chi connectivity index (χ2v) is 6.37. The number of hydrogen-bond acceptors (Lipinski definition) is 5. The van der Waals surface area contributed by atoms with Gasteiger partial charge in [-0.1, -0.05) is 29.8 Å². The van der Waals surface area contributed by atoms with Crippen LogP contribution < -0.4 is 0 Å². The van der Waals surface area contributed by atoms with Gasteiger partial charge in [0, 0.05) is 17.4 Å². The van der Waals surface area contributed by atoms with Crippen molar-refractivity contribution in [2.75, 3.05) is 0 Å². The van der Waals surface area contributed by atoms with Crippen LogP contribution in [-0.4, -0.2) is 22.8 Å². The molecule has 114 valence electrons. The molecule has 1 saturated carbocycles. The van der Waals surface area contributed by atoms with E-state index >= 15 is 0 Å². The summed E-state index contributed by atoms with van der Waals surface area (Å²) in [5.41, 5.74) is 2.43. The maximum Gasteiger partial charge on any atom is 0.358 e. The lowest BCUT2D eigenvalue weighted by molar-refractivity contribution is -0.129. The first-order chi connectivity index (χ1) is 10.6. The average Bonchev–Trinajstić information content (AvgIpc) is 3.00. The van der Waals surface area contributed by atoms with Gasteiger partial charge in [-0.3, -0.25) is 4.79 Å². The van der Waals surface area contributed by atoms with Gasteiger partial charge in [0.15, 0.2) is 17.6 Å². The van der Waals surface area contributed by atoms with E-state index in [0.29, 0.717) is 12.8 Å². The van der Waals surface area contributed by atoms with E-state index < -0.39 is 12.1 Å². The molecule has 0 unspecified atom stereocenters. The van der Waals surface area contributed by atoms with E-state index in [-0.39, 0.29) is 11.5 Å². The number of hydrogen-bond donors (Lipinski definition) is 0. The SMILES string of the molecule is Cc1ccc(-c2nc(C(=O)O[C@H]3CCCCC3=O)cs2)cc1. The predicted octanol–water partition coefficient (Wildman–Crippen LogP) is 3.79. The monoisotopic (exact) mass is 315 g/mol. The van der Waals surface area contributed by atoms with Crippen LogP contribution in [-0.2, 0) is 9.53 Å². The van der Waals surface area contributed by atoms with Crippen LogP contribution >= 0.6 is 11.3 Å². The van der Waals surface area contributed by atoms with Crippen molar-refractivity contribution >= 4 is 23.1 Å². The van der Waals surface area contributed by atoms with Crippen molar-refractivity contribution in [1.82, 2.24) is 4.98 Å². The van der Waals surface area contributed by atoms with Gasteiger partial charge in [-0.15, -0.1) is 11.3 Å². The van der Waals surface area contributed by atoms with Gasteiger partial charge in [0.1, 0.15) is 5.01 Å². The summed E-state index contributed by atoms with van der Waals surface area (Å²) in [7, 11) is 0. The minimum absolute atomic E-state index is 0.0218. The zero-order valence-corrected chi connectivity index (χ0v) is 13.2. The van der Waals surface area contributed by atoms with Crippen molar-refractivity contribution in [1.29, 1.82) is 0 Å². The fourth-order valence-corrected chi connectivity index (χ4v) is 3.26. The molecule has 1 aliphatic carbocycles. The lowest BCUT2D eigenvalue weighted by Crippen LogP contribution is -2.30. The zero-order chi connectivity index (χ0) is 15.5. The van der Waals surface area contributed by atoms with Crippen molar-refractivity contribution in [2.24, 2.45) is 0 Å². The number of benzene rings is 1. The van der Waals surface area contributed by atoms with E-state index in [4.69, 9.17) is 4.74 Å². The third-order valence-corrected chi connectivity index (χ3v) is 4.65. The molecule has 0 bridgehead atoms. The third kappa shape index (κ3) is 3.25. The normalized spacial score (nSPS) is 18.2. The highest BCUT2D eigenvalue weighted by Crippen LogP contribution is 2.25. The highest BCUT2D eigenvalue weighted by molar-refractivity contribution is 7.13. The Kier molecular flexibility index (Phi) is 4.34. The standard InChI is InChI=1S/C17H17NO3S/c1-11-6-8-12(9-7-11)16-18-13(10-22-16)17(20)21-15-5-3-2-4-14(15)19/h6-10,15H,2-5H2,1H3/t15-/m0/s1. The number of Topliss-reactive ketones (excluding diaryl/α,β-unsaturated/α-hetero) is 1. The van der Waals surface area contributed by atoms with Crippen LogP contribution in [0.5, 0.6) is 0 Å². The van der Waals surface area contributed by atoms with Gasteiger partial charge in [0.25, 0.3) is 0 Å². The molecule has 1 heterocycles. The summed E-state index contributed by atoms with van der Waals surface area (Å²) in [6, 6.07) is 7.98. The number of ether oxygens (including phenoxy) is 1. The summed E-state index contributed by atoms with van der Waals surface area (Å²) in [4.78, 5) is 28.2. The number of aromatic nitrogens is 1. The summed E-state index contributed by atoms with van der Waals surface area (Å²) in [5.74, 6) is -0.483. The Bertz CT molecular complexity index is 690. The van der Waals surface area contributed by atoms with Crippen LogP contribution in [0.25, 0.3) is 10.6 Å². The smallest absolute Gasteiger partial charge is 0.358 e. The van der Waals surface area contributed by atoms with Crippen molar-refractivity contribution in [3.8, 4) is 10.6 Å². The largest absolute Gasteiger partial charge is 0.450 e. The number of carbonyl (C=O) groups is 2. The average molecular weight is 315 g/mol. The zero-order valence-electron chi connectivity index (χ0n) is 12.4. The molecule has 4 nitrogen and oxygen atoms in total. The number of nitrogens with zero attached hydrogens (tertiary/aromatic N) is 1. The fraction of sp³-hybridized carbons (Fsp3) is 0.353. The number of carbonyl (C=O) groups excluding carboxylic acids is 2. The van der Waals surface area contributed by atoms with Gasteiger partial charge in [-0.25, -0.2) is 9.78 Å². The van der Waals surface area contributed by atoms with Gasteiger partial charge in [-0.05, 0) is 26.2 Å². The quantitative estimate of drug-likeness (QED) is 0.809. The summed E-state index contributed by atoms with van der Waals surface area (Å²) in [6.07, 6.45) is 2.35. The minimum atomic E-state index is -0.592. The van der Waals surface area contributed by atoms with E-state index in [1.54, 1.807) is 5.38 Å². The molecule has 1 aromatic heterocycles. The Morgan fingerprint density at radius 1 is 1.27 bits per heavy atom. The molecule has 1 fully saturated rings. The van der Waals surface area contributed by atoms with Crippen molar-refractivity contribution in [2.45, 2.75) is 38.7 Å². The highest BCUT2D eigenvalue weighted by atomic mass is 32.1. The van der Waals surface area contributed by atoms with Crippen molar-refractivity contribution in [3.63, 3.8) is 0 Å². The molecule has 2 aromatic rings. The van der Waals surface area contributed by atoms with Gasteiger partial charge in [-0.2, -0.15) is 0 Å². The highest BCUT2D eigenvalue weighted by Gasteiger charge is 2.27. The van der Waals surface area contributed by atoms with E-state index in [2.05, 4.69) is 4.98 Å². The van der Waals surface area contributed by atoms with Crippen LogP contribution in [0.3, 0.4) is 0 Å². The number of ketones is 1. The second-order valence-electron chi connectivity index (χ2n) is 5.51. The molecule has 0 saturated heterocycles. The van der Waals surface area contributed by atoms with E-state index in [1.165, 1.54) is 16.9 Å². The molecular weight excluding hydrogens is 298 g/mol. The van der Waals surface area contributed by atoms with Crippen LogP contribution in [0.4, 0.5) is 0 Å². The Balaban J connectivity index is 1.71. The maximum absolute atomic E-state index is 12.1. The first-order valence-corrected chi connectivity index (χ1v) is 8.28. The molecule has 5 heteroatoms. The maximum atomic E-state index is 12.1. The second kappa shape index (κ2) is 6.40. The Labute approximate surface area is 133 Å². The van der Waals surface area contributed by atoms with Crippen molar-refractivity contribution in [3.05, 3.63) is 40.9 Å². The molecule has 0 N–H and O–H groups in total. The number of aryl methyl sites for hydroxylation is 1. The van der Waals surface area contributed by atoms with Crippen molar-refractivity contribution < 1.29 is 14.3 Å². The minimum Gasteiger partial charge on any atom is -0.450 e. The van der Waals surface area contributed by atoms with Crippen LogP contribution in [0.2, 0.25) is 0 Å². The lowest BCUT2D eigenvalue weighted by atomic mass is 9.96. The Morgan fingerprint density at radius 3 is 2.77 bits per heavy atom. The Morgan fingerprint density at radius 2 is 2.05 bits per heavy atom. The number of esters is 1. The van der Waals surface area contributed by atoms with Gasteiger partial charge >= 0.3 is 5.97 Å². The first-order valence-electron chi connectivity index (χ1n) is 7.40. The number of thiazole rings is 1. The Hall–Kier alpha value is -2.01. The van der Waals surface area contributed by atoms with Crippen LogP contribution in [0.15, 0.2) is 29.6 Å². The number of rotatable bonds is 3. The van der Waals surface area contributed by atoms with E-state index in [1.807, 2.05) is 31.2 Å². The lowest BCUT2D eigenvalue weighted by Gasteiger charge is -2.19. The molecule has 0 spiro atoms. The summed E-state index contributed by atoms with van der Waals surface area (Å²) < 4.78 is 5.31. The molecule has 22 heavy (non-hydrogen) atoms.